The van der Waals surface area contributed by atoms with Crippen LogP contribution in [0.5, 0.6) is 0 Å². The Kier molecular flexibility index (Phi) is 4.04. The number of ether oxygens (including phenoxy) is 1. The van der Waals surface area contributed by atoms with Gasteiger partial charge in [-0.1, -0.05) is 18.2 Å². The predicted molar refractivity (Wildman–Crippen MR) is 91.2 cm³/mol. The number of nitrogens with zero attached hydrogens (tertiary/aromatic N) is 5. The lowest BCUT2D eigenvalue weighted by molar-refractivity contribution is -0.130. The van der Waals surface area contributed by atoms with E-state index in [9.17, 15) is 4.79 Å². The van der Waals surface area contributed by atoms with Crippen molar-refractivity contribution in [1.29, 1.82) is 5.26 Å². The van der Waals surface area contributed by atoms with Crippen LogP contribution in [0.25, 0.3) is 0 Å². The summed E-state index contributed by atoms with van der Waals surface area (Å²) >= 11 is 0. The van der Waals surface area contributed by atoms with Gasteiger partial charge in [0.2, 0.25) is 5.95 Å². The van der Waals surface area contributed by atoms with Crippen LogP contribution in [0.4, 0.5) is 11.6 Å². The second-order valence-corrected chi connectivity index (χ2v) is 6.03. The molecule has 1 unspecified atom stereocenters. The average molecular weight is 335 g/mol. The van der Waals surface area contributed by atoms with Crippen LogP contribution in [0.3, 0.4) is 0 Å². The zero-order valence-corrected chi connectivity index (χ0v) is 13.6. The monoisotopic (exact) mass is 335 g/mol. The highest BCUT2D eigenvalue weighted by molar-refractivity contribution is 5.98. The maximum atomic E-state index is 12.9. The molecule has 2 aliphatic rings. The number of hydrogen-bond donors (Lipinski definition) is 0. The smallest absolute Gasteiger partial charge is 0.257 e. The van der Waals surface area contributed by atoms with Crippen molar-refractivity contribution in [2.45, 2.75) is 12.5 Å². The zero-order valence-electron chi connectivity index (χ0n) is 13.6. The third kappa shape index (κ3) is 2.92. The molecule has 0 radical (unpaired) electrons. The van der Waals surface area contributed by atoms with Gasteiger partial charge in [-0.25, -0.2) is 9.97 Å². The molecule has 2 aromatic rings. The molecular weight excluding hydrogens is 318 g/mol. The van der Waals surface area contributed by atoms with Gasteiger partial charge in [-0.3, -0.25) is 4.79 Å². The standard InChI is InChI=1S/C18H17N5O2/c19-11-14-5-7-20-18(21-14)22-9-10-25-16(12-22)17(24)23-8-6-13-3-1-2-4-15(13)23/h1-5,7,16H,6,8-10,12H2. The number of rotatable bonds is 2. The van der Waals surface area contributed by atoms with Crippen molar-refractivity contribution < 1.29 is 9.53 Å². The summed E-state index contributed by atoms with van der Waals surface area (Å²) < 4.78 is 5.72. The second-order valence-electron chi connectivity index (χ2n) is 6.03. The summed E-state index contributed by atoms with van der Waals surface area (Å²) in [6.45, 7) is 2.08. The van der Waals surface area contributed by atoms with Gasteiger partial charge in [-0.2, -0.15) is 5.26 Å². The summed E-state index contributed by atoms with van der Waals surface area (Å²) in [5.74, 6) is 0.424. The van der Waals surface area contributed by atoms with Crippen LogP contribution in [0.1, 0.15) is 11.3 Å². The fourth-order valence-corrected chi connectivity index (χ4v) is 3.28. The topological polar surface area (TPSA) is 82.3 Å². The van der Waals surface area contributed by atoms with Gasteiger partial charge in [0.25, 0.3) is 5.91 Å². The Morgan fingerprint density at radius 3 is 3.04 bits per heavy atom. The van der Waals surface area contributed by atoms with E-state index in [1.165, 1.54) is 5.56 Å². The fraction of sp³-hybridized carbons (Fsp3) is 0.333. The molecule has 0 saturated carbocycles. The SMILES string of the molecule is N#Cc1ccnc(N2CCOC(C(=O)N3CCc4ccccc43)C2)n1. The molecule has 2 aliphatic heterocycles. The van der Waals surface area contributed by atoms with Gasteiger partial charge in [0, 0.05) is 25.0 Å². The molecule has 7 nitrogen and oxygen atoms in total. The number of para-hydroxylation sites is 1. The number of amides is 1. The highest BCUT2D eigenvalue weighted by Gasteiger charge is 2.34. The van der Waals surface area contributed by atoms with E-state index >= 15 is 0 Å². The van der Waals surface area contributed by atoms with E-state index in [4.69, 9.17) is 10.00 Å². The molecule has 7 heteroatoms. The quantitative estimate of drug-likeness (QED) is 0.818. The van der Waals surface area contributed by atoms with Crippen molar-refractivity contribution >= 4 is 17.5 Å². The third-order valence-electron chi connectivity index (χ3n) is 4.54. The Morgan fingerprint density at radius 1 is 1.28 bits per heavy atom. The van der Waals surface area contributed by atoms with Crippen LogP contribution >= 0.6 is 0 Å². The van der Waals surface area contributed by atoms with Crippen molar-refractivity contribution in [2.24, 2.45) is 0 Å². The van der Waals surface area contributed by atoms with Gasteiger partial charge in [-0.05, 0) is 24.1 Å². The van der Waals surface area contributed by atoms with E-state index in [-0.39, 0.29) is 5.91 Å². The summed E-state index contributed by atoms with van der Waals surface area (Å²) in [5.41, 5.74) is 2.47. The van der Waals surface area contributed by atoms with Crippen LogP contribution in [0.15, 0.2) is 36.5 Å². The molecule has 126 valence electrons. The minimum Gasteiger partial charge on any atom is -0.365 e. The minimum atomic E-state index is -0.561. The first-order valence-corrected chi connectivity index (χ1v) is 8.25. The Balaban J connectivity index is 1.52. The molecule has 0 bridgehead atoms. The van der Waals surface area contributed by atoms with Crippen molar-refractivity contribution in [3.63, 3.8) is 0 Å². The lowest BCUT2D eigenvalue weighted by atomic mass is 10.2. The number of carbonyl (C=O) groups excluding carboxylic acids is 1. The number of benzene rings is 1. The van der Waals surface area contributed by atoms with E-state index in [2.05, 4.69) is 16.0 Å². The fourth-order valence-electron chi connectivity index (χ4n) is 3.28. The molecule has 1 amide bonds. The molecule has 4 rings (SSSR count). The van der Waals surface area contributed by atoms with E-state index in [0.717, 1.165) is 12.1 Å². The molecule has 1 aromatic heterocycles. The number of morpholine rings is 1. The van der Waals surface area contributed by atoms with Crippen LogP contribution in [-0.4, -0.2) is 48.2 Å². The maximum Gasteiger partial charge on any atom is 0.257 e. The van der Waals surface area contributed by atoms with Crippen LogP contribution in [0, 0.1) is 11.3 Å². The van der Waals surface area contributed by atoms with Crippen LogP contribution < -0.4 is 9.80 Å². The Labute approximate surface area is 145 Å². The molecule has 1 fully saturated rings. The lowest BCUT2D eigenvalue weighted by Gasteiger charge is -2.34. The molecule has 3 heterocycles. The summed E-state index contributed by atoms with van der Waals surface area (Å²) in [4.78, 5) is 25.1. The molecule has 1 aromatic carbocycles. The molecular formula is C18H17N5O2. The van der Waals surface area contributed by atoms with Crippen LogP contribution in [-0.2, 0) is 16.0 Å². The Bertz CT molecular complexity index is 847. The molecule has 0 spiro atoms. The first-order valence-electron chi connectivity index (χ1n) is 8.25. The number of hydrogen-bond acceptors (Lipinski definition) is 6. The van der Waals surface area contributed by atoms with Gasteiger partial charge in [0.05, 0.1) is 13.2 Å². The summed E-state index contributed by atoms with van der Waals surface area (Å²) in [6.07, 6.45) is 1.87. The number of carbonyl (C=O) groups is 1. The summed E-state index contributed by atoms with van der Waals surface area (Å²) in [6, 6.07) is 11.5. The van der Waals surface area contributed by atoms with E-state index in [1.54, 1.807) is 17.2 Å². The van der Waals surface area contributed by atoms with Gasteiger partial charge in [0.15, 0.2) is 6.10 Å². The maximum absolute atomic E-state index is 12.9. The van der Waals surface area contributed by atoms with Gasteiger partial charge in [0.1, 0.15) is 11.8 Å². The Morgan fingerprint density at radius 2 is 2.16 bits per heavy atom. The van der Waals surface area contributed by atoms with Gasteiger partial charge < -0.3 is 14.5 Å². The molecule has 0 aliphatic carbocycles. The minimum absolute atomic E-state index is 0.0360. The number of nitriles is 1. The number of aromatic nitrogens is 2. The van der Waals surface area contributed by atoms with E-state index < -0.39 is 6.10 Å². The van der Waals surface area contributed by atoms with Gasteiger partial charge in [-0.15, -0.1) is 0 Å². The molecule has 1 atom stereocenters. The predicted octanol–water partition coefficient (Wildman–Crippen LogP) is 1.14. The van der Waals surface area contributed by atoms with E-state index in [1.807, 2.05) is 29.2 Å². The van der Waals surface area contributed by atoms with Crippen LogP contribution in [0.2, 0.25) is 0 Å². The zero-order chi connectivity index (χ0) is 17.2. The average Bonchev–Trinajstić information content (AvgIpc) is 3.11. The molecule has 25 heavy (non-hydrogen) atoms. The normalized spacial score (nSPS) is 19.4. The van der Waals surface area contributed by atoms with Crippen molar-refractivity contribution in [1.82, 2.24) is 9.97 Å². The first-order chi connectivity index (χ1) is 12.3. The number of anilines is 2. The highest BCUT2D eigenvalue weighted by atomic mass is 16.5. The molecule has 0 N–H and O–H groups in total. The molecule has 1 saturated heterocycles. The van der Waals surface area contributed by atoms with Crippen molar-refractivity contribution in [3.05, 3.63) is 47.8 Å². The summed E-state index contributed by atoms with van der Waals surface area (Å²) in [7, 11) is 0. The third-order valence-corrected chi connectivity index (χ3v) is 4.54. The summed E-state index contributed by atoms with van der Waals surface area (Å²) in [5, 5.41) is 8.99. The first kappa shape index (κ1) is 15.5. The van der Waals surface area contributed by atoms with E-state index in [0.29, 0.717) is 37.9 Å². The Hall–Kier alpha value is -2.98. The highest BCUT2D eigenvalue weighted by Crippen LogP contribution is 2.28. The second kappa shape index (κ2) is 6.49. The number of fused-ring (bicyclic) bond motifs is 1. The van der Waals surface area contributed by atoms with Crippen molar-refractivity contribution in [2.75, 3.05) is 36.0 Å². The van der Waals surface area contributed by atoms with Crippen molar-refractivity contribution in [3.8, 4) is 6.07 Å². The van der Waals surface area contributed by atoms with Gasteiger partial charge >= 0.3 is 0 Å². The lowest BCUT2D eigenvalue weighted by Crippen LogP contribution is -2.51. The largest absolute Gasteiger partial charge is 0.365 e.